The molecule has 0 aliphatic carbocycles. The maximum absolute atomic E-state index is 13.4. The van der Waals surface area contributed by atoms with E-state index in [0.29, 0.717) is 6.42 Å². The van der Waals surface area contributed by atoms with Crippen LogP contribution in [0.15, 0.2) is 72.9 Å². The number of hydrogen-bond acceptors (Lipinski definition) is 13. The molecule has 0 aromatic rings. The van der Waals surface area contributed by atoms with Crippen molar-refractivity contribution in [1.82, 2.24) is 5.32 Å². The lowest BCUT2D eigenvalue weighted by atomic mass is 9.97. The first-order valence-electron chi connectivity index (χ1n) is 39.2. The molecule has 14 nitrogen and oxygen atoms in total. The zero-order valence-corrected chi connectivity index (χ0v) is 60.0. The Kier molecular flexibility index (Phi) is 59.4. The van der Waals surface area contributed by atoms with Gasteiger partial charge in [-0.2, -0.15) is 0 Å². The molecular weight excluding hydrogens is 1180 g/mol. The van der Waals surface area contributed by atoms with Crippen LogP contribution in [-0.2, 0) is 23.7 Å². The van der Waals surface area contributed by atoms with Crippen molar-refractivity contribution in [3.8, 4) is 0 Å². The highest BCUT2D eigenvalue weighted by atomic mass is 16.7. The number of unbranched alkanes of at least 4 members (excludes halogenated alkanes) is 42. The lowest BCUT2D eigenvalue weighted by molar-refractivity contribution is -0.359. The van der Waals surface area contributed by atoms with Crippen molar-refractivity contribution < 1.29 is 64.6 Å². The number of carbonyl (C=O) groups excluding carboxylic acids is 1. The van der Waals surface area contributed by atoms with Crippen LogP contribution < -0.4 is 5.32 Å². The van der Waals surface area contributed by atoms with Gasteiger partial charge in [0.1, 0.15) is 48.8 Å². The van der Waals surface area contributed by atoms with Gasteiger partial charge in [-0.15, -0.1) is 0 Å². The molecule has 2 fully saturated rings. The molecule has 94 heavy (non-hydrogen) atoms. The van der Waals surface area contributed by atoms with Crippen molar-refractivity contribution in [1.29, 1.82) is 0 Å². The van der Waals surface area contributed by atoms with Gasteiger partial charge >= 0.3 is 0 Å². The molecule has 2 saturated heterocycles. The monoisotopic (exact) mass is 1330 g/mol. The summed E-state index contributed by atoms with van der Waals surface area (Å²) in [6.45, 7) is 2.73. The molecule has 1 amide bonds. The van der Waals surface area contributed by atoms with Gasteiger partial charge in [0.05, 0.1) is 32.0 Å². The highest BCUT2D eigenvalue weighted by Gasteiger charge is 2.51. The molecule has 0 saturated carbocycles. The Labute approximate surface area is 574 Å². The van der Waals surface area contributed by atoms with E-state index in [0.717, 1.165) is 77.0 Å². The van der Waals surface area contributed by atoms with Crippen molar-refractivity contribution in [2.75, 3.05) is 19.8 Å². The van der Waals surface area contributed by atoms with Gasteiger partial charge in [-0.05, 0) is 64.2 Å². The second-order valence-electron chi connectivity index (χ2n) is 27.5. The Morgan fingerprint density at radius 3 is 1.13 bits per heavy atom. The summed E-state index contributed by atoms with van der Waals surface area (Å²) in [6, 6.07) is -0.922. The van der Waals surface area contributed by atoms with Crippen molar-refractivity contribution in [3.63, 3.8) is 0 Å². The Bertz CT molecular complexity index is 1860. The molecule has 0 aromatic heterocycles. The minimum absolute atomic E-state index is 0.241. The topological polar surface area (TPSA) is 228 Å². The van der Waals surface area contributed by atoms with Crippen molar-refractivity contribution >= 4 is 5.91 Å². The predicted molar refractivity (Wildman–Crippen MR) is 387 cm³/mol. The Hall–Kier alpha value is -2.57. The quantitative estimate of drug-likeness (QED) is 0.0204. The Morgan fingerprint density at radius 1 is 0.394 bits per heavy atom. The van der Waals surface area contributed by atoms with Gasteiger partial charge in [-0.25, -0.2) is 0 Å². The average molecular weight is 1330 g/mol. The average Bonchev–Trinajstić information content (AvgIpc) is 0.794. The fourth-order valence-electron chi connectivity index (χ4n) is 12.7. The van der Waals surface area contributed by atoms with Crippen LogP contribution in [-0.4, -0.2) is 140 Å². The molecule has 2 aliphatic heterocycles. The maximum atomic E-state index is 13.4. The molecule has 0 spiro atoms. The summed E-state index contributed by atoms with van der Waals surface area (Å²) in [5.41, 5.74) is 0. The number of amides is 1. The van der Waals surface area contributed by atoms with Crippen LogP contribution in [0.1, 0.15) is 335 Å². The zero-order chi connectivity index (χ0) is 68.0. The summed E-state index contributed by atoms with van der Waals surface area (Å²) in [4.78, 5) is 13.4. The molecule has 14 heteroatoms. The van der Waals surface area contributed by atoms with Gasteiger partial charge in [0.2, 0.25) is 5.91 Å². The van der Waals surface area contributed by atoms with Gasteiger partial charge in [-0.3, -0.25) is 4.79 Å². The lowest BCUT2D eigenvalue weighted by Gasteiger charge is -2.46. The molecule has 0 aromatic carbocycles. The van der Waals surface area contributed by atoms with Crippen molar-refractivity contribution in [3.05, 3.63) is 72.9 Å². The van der Waals surface area contributed by atoms with E-state index in [1.807, 2.05) is 6.08 Å². The second kappa shape index (κ2) is 63.8. The SMILES string of the molecule is CC/C=C\C/C=C\C/C=C\C/C=C\C/C=C\CCCCCCCCCCCCCC(=O)NC(COC1OC(CO)C(OC2OC(CO)C(O)C(O)C2O)C(O)C1O)C(O)/C=C/CCCCCCCCCCCCCCCCCCCCCCCCCCCCCCCCC. The normalized spacial score (nSPS) is 22.8. The van der Waals surface area contributed by atoms with Gasteiger partial charge in [0.15, 0.2) is 12.6 Å². The van der Waals surface area contributed by atoms with Crippen LogP contribution in [0.3, 0.4) is 0 Å². The summed E-state index contributed by atoms with van der Waals surface area (Å²) in [6.07, 6.45) is 71.2. The molecule has 12 unspecified atom stereocenters. The Balaban J connectivity index is 1.63. The first kappa shape index (κ1) is 87.5. The number of allylic oxidation sites excluding steroid dienone is 11. The summed E-state index contributed by atoms with van der Waals surface area (Å²) >= 11 is 0. The number of hydrogen-bond donors (Lipinski definition) is 9. The van der Waals surface area contributed by atoms with E-state index in [1.165, 1.54) is 231 Å². The van der Waals surface area contributed by atoms with E-state index < -0.39 is 86.8 Å². The van der Waals surface area contributed by atoms with Crippen molar-refractivity contribution in [2.45, 2.75) is 408 Å². The fraction of sp³-hybridized carbons (Fsp3) is 0.838. The molecule has 2 rings (SSSR count). The largest absolute Gasteiger partial charge is 0.394 e. The van der Waals surface area contributed by atoms with Crippen molar-refractivity contribution in [2.24, 2.45) is 0 Å². The third-order valence-corrected chi connectivity index (χ3v) is 18.9. The first-order chi connectivity index (χ1) is 46.1. The molecular formula is C80H145NO13. The number of ether oxygens (including phenoxy) is 4. The number of nitrogens with one attached hydrogen (secondary N) is 1. The summed E-state index contributed by atoms with van der Waals surface area (Å²) < 4.78 is 22.9. The van der Waals surface area contributed by atoms with Crippen LogP contribution in [0.5, 0.6) is 0 Å². The lowest BCUT2D eigenvalue weighted by Crippen LogP contribution is -2.65. The van der Waals surface area contributed by atoms with Crippen LogP contribution >= 0.6 is 0 Å². The smallest absolute Gasteiger partial charge is 0.220 e. The standard InChI is InChI=1S/C80H145NO13/c1-3-5-7-9-11-13-15-17-19-21-23-25-27-29-31-32-33-34-35-36-38-39-41-43-45-47-49-51-53-55-57-59-61-63-69(84)68(67-91-79-77(90)75(88)78(71(66-83)93-79)94-80-76(89)74(87)73(86)70(65-82)92-80)81-72(85)64-62-60-58-56-54-52-50-48-46-44-42-40-37-30-28-26-24-22-20-18-16-14-12-10-8-6-4-2/h6,8,12,14,18,20,24,26,30,37,61,63,68-71,73-80,82-84,86-90H,3-5,7,9-11,13,15-17,19,21-23,25,27-29,31-36,38-60,62,64-67H2,1-2H3,(H,81,85)/b8-6-,14-12-,20-18-,26-24-,37-30-,63-61+. The highest BCUT2D eigenvalue weighted by Crippen LogP contribution is 2.30. The van der Waals surface area contributed by atoms with Crippen LogP contribution in [0, 0.1) is 0 Å². The van der Waals surface area contributed by atoms with Gasteiger partial charge in [-0.1, -0.05) is 337 Å². The second-order valence-corrected chi connectivity index (χ2v) is 27.5. The number of carbonyl (C=O) groups is 1. The summed E-state index contributed by atoms with van der Waals surface area (Å²) in [5, 5.41) is 87.7. The number of aliphatic hydroxyl groups excluding tert-OH is 8. The van der Waals surface area contributed by atoms with Crippen LogP contribution in [0.2, 0.25) is 0 Å². The Morgan fingerprint density at radius 2 is 0.734 bits per heavy atom. The van der Waals surface area contributed by atoms with E-state index in [-0.39, 0.29) is 18.9 Å². The number of rotatable bonds is 65. The van der Waals surface area contributed by atoms with E-state index in [4.69, 9.17) is 18.9 Å². The third kappa shape index (κ3) is 46.7. The number of aliphatic hydroxyl groups is 8. The molecule has 12 atom stereocenters. The van der Waals surface area contributed by atoms with E-state index in [1.54, 1.807) is 6.08 Å². The molecule has 548 valence electrons. The minimum Gasteiger partial charge on any atom is -0.394 e. The summed E-state index contributed by atoms with van der Waals surface area (Å²) in [5.74, 6) is -0.241. The predicted octanol–water partition coefficient (Wildman–Crippen LogP) is 17.4. The molecule has 2 heterocycles. The maximum Gasteiger partial charge on any atom is 0.220 e. The van der Waals surface area contributed by atoms with Crippen LogP contribution in [0.25, 0.3) is 0 Å². The van der Waals surface area contributed by atoms with E-state index in [2.05, 4.69) is 79.9 Å². The van der Waals surface area contributed by atoms with E-state index >= 15 is 0 Å². The molecule has 9 N–H and O–H groups in total. The molecule has 0 radical (unpaired) electrons. The summed E-state index contributed by atoms with van der Waals surface area (Å²) in [7, 11) is 0. The van der Waals surface area contributed by atoms with Gasteiger partial charge in [0.25, 0.3) is 0 Å². The first-order valence-corrected chi connectivity index (χ1v) is 39.2. The van der Waals surface area contributed by atoms with Gasteiger partial charge in [0, 0.05) is 6.42 Å². The third-order valence-electron chi connectivity index (χ3n) is 18.9. The minimum atomic E-state index is -1.79. The van der Waals surface area contributed by atoms with Crippen LogP contribution in [0.4, 0.5) is 0 Å². The van der Waals surface area contributed by atoms with Gasteiger partial charge < -0.3 is 65.1 Å². The molecule has 2 aliphatic rings. The molecule has 0 bridgehead atoms. The van der Waals surface area contributed by atoms with E-state index in [9.17, 15) is 45.6 Å². The fourth-order valence-corrected chi connectivity index (χ4v) is 12.7. The highest BCUT2D eigenvalue weighted by molar-refractivity contribution is 5.76. The zero-order valence-electron chi connectivity index (χ0n) is 60.0.